The maximum Gasteiger partial charge on any atom is 0.135 e. The zero-order chi connectivity index (χ0) is 9.80. The van der Waals surface area contributed by atoms with E-state index in [4.69, 9.17) is 5.26 Å². The van der Waals surface area contributed by atoms with E-state index in [-0.39, 0.29) is 0 Å². The minimum atomic E-state index is 0.534. The molecule has 0 unspecified atom stereocenters. The third-order valence-electron chi connectivity index (χ3n) is 1.69. The van der Waals surface area contributed by atoms with Crippen LogP contribution in [0.5, 0.6) is 0 Å². The third kappa shape index (κ3) is 1.97. The van der Waals surface area contributed by atoms with Gasteiger partial charge in [0, 0.05) is 24.4 Å². The van der Waals surface area contributed by atoms with Crippen molar-refractivity contribution in [3.05, 3.63) is 22.8 Å². The number of nitrogens with zero attached hydrogens (tertiary/aromatic N) is 3. The fourth-order valence-electron chi connectivity index (χ4n) is 1.04. The molecule has 14 heavy (non-hydrogen) atoms. The molecule has 0 N–H and O–H groups in total. The number of aromatic nitrogens is 2. The van der Waals surface area contributed by atoms with E-state index in [2.05, 4.69) is 16.0 Å². The van der Waals surface area contributed by atoms with E-state index >= 15 is 0 Å². The van der Waals surface area contributed by atoms with Gasteiger partial charge in [0.2, 0.25) is 0 Å². The van der Waals surface area contributed by atoms with Crippen LogP contribution < -0.4 is 0 Å². The van der Waals surface area contributed by atoms with E-state index in [1.54, 1.807) is 28.2 Å². The van der Waals surface area contributed by atoms with Crippen molar-refractivity contribution >= 4 is 22.7 Å². The quantitative estimate of drug-likeness (QED) is 0.800. The van der Waals surface area contributed by atoms with Gasteiger partial charge in [-0.2, -0.15) is 5.26 Å². The average Bonchev–Trinajstić information content (AvgIpc) is 2.85. The molecule has 0 saturated carbocycles. The number of hydrogen-bond acceptors (Lipinski definition) is 5. The highest BCUT2D eigenvalue weighted by Gasteiger charge is 2.05. The molecule has 0 spiro atoms. The van der Waals surface area contributed by atoms with Crippen molar-refractivity contribution in [2.45, 2.75) is 12.8 Å². The van der Waals surface area contributed by atoms with Gasteiger partial charge in [-0.15, -0.1) is 22.7 Å². The Balaban J connectivity index is 2.15. The maximum absolute atomic E-state index is 8.44. The van der Waals surface area contributed by atoms with Crippen LogP contribution in [0.2, 0.25) is 0 Å². The lowest BCUT2D eigenvalue weighted by Gasteiger charge is -1.87. The Kier molecular flexibility index (Phi) is 2.87. The molecule has 0 saturated heterocycles. The van der Waals surface area contributed by atoms with Crippen LogP contribution in [-0.2, 0) is 6.42 Å². The van der Waals surface area contributed by atoms with Gasteiger partial charge in [0.1, 0.15) is 5.01 Å². The fourth-order valence-corrected chi connectivity index (χ4v) is 2.59. The van der Waals surface area contributed by atoms with Gasteiger partial charge in [-0.3, -0.25) is 4.98 Å². The molecule has 0 aromatic carbocycles. The van der Waals surface area contributed by atoms with Crippen molar-refractivity contribution in [2.24, 2.45) is 0 Å². The highest BCUT2D eigenvalue weighted by Crippen LogP contribution is 2.26. The molecule has 5 heteroatoms. The molecule has 0 fully saturated rings. The Morgan fingerprint density at radius 3 is 3.07 bits per heavy atom. The lowest BCUT2D eigenvalue weighted by Crippen LogP contribution is -1.82. The standard InChI is InChI=1S/C9H7N3S2/c10-3-1-2-7-5-13-9(12-7)8-4-11-6-14-8/h4-6H,1-2H2. The minimum absolute atomic E-state index is 0.534. The van der Waals surface area contributed by atoms with Crippen LogP contribution in [0.3, 0.4) is 0 Å². The van der Waals surface area contributed by atoms with Crippen LogP contribution in [0.1, 0.15) is 12.1 Å². The van der Waals surface area contributed by atoms with E-state index < -0.39 is 0 Å². The molecule has 0 aliphatic carbocycles. The van der Waals surface area contributed by atoms with Crippen LogP contribution in [-0.4, -0.2) is 9.97 Å². The molecule has 2 aromatic heterocycles. The van der Waals surface area contributed by atoms with E-state index in [0.29, 0.717) is 6.42 Å². The van der Waals surface area contributed by atoms with Crippen molar-refractivity contribution < 1.29 is 0 Å². The number of hydrogen-bond donors (Lipinski definition) is 0. The van der Waals surface area contributed by atoms with Gasteiger partial charge in [-0.05, 0) is 0 Å². The van der Waals surface area contributed by atoms with Gasteiger partial charge in [0.25, 0.3) is 0 Å². The van der Waals surface area contributed by atoms with Gasteiger partial charge in [-0.25, -0.2) is 4.98 Å². The van der Waals surface area contributed by atoms with Crippen molar-refractivity contribution in [1.29, 1.82) is 5.26 Å². The highest BCUT2D eigenvalue weighted by molar-refractivity contribution is 7.19. The molecular formula is C9H7N3S2. The van der Waals surface area contributed by atoms with Crippen LogP contribution >= 0.6 is 22.7 Å². The molecule has 0 aliphatic rings. The zero-order valence-corrected chi connectivity index (χ0v) is 8.94. The first-order valence-electron chi connectivity index (χ1n) is 4.10. The van der Waals surface area contributed by atoms with Gasteiger partial charge < -0.3 is 0 Å². The lowest BCUT2D eigenvalue weighted by atomic mass is 10.3. The van der Waals surface area contributed by atoms with E-state index in [9.17, 15) is 0 Å². The number of aryl methyl sites for hydroxylation is 1. The summed E-state index contributed by atoms with van der Waals surface area (Å²) in [7, 11) is 0. The summed E-state index contributed by atoms with van der Waals surface area (Å²) in [6.45, 7) is 0. The normalized spacial score (nSPS) is 9.93. The molecule has 70 valence electrons. The lowest BCUT2D eigenvalue weighted by molar-refractivity contribution is 0.969. The number of thiazole rings is 2. The summed E-state index contributed by atoms with van der Waals surface area (Å²) < 4.78 is 0. The van der Waals surface area contributed by atoms with E-state index in [1.807, 2.05) is 11.6 Å². The highest BCUT2D eigenvalue weighted by atomic mass is 32.1. The molecular weight excluding hydrogens is 214 g/mol. The molecule has 0 bridgehead atoms. The van der Waals surface area contributed by atoms with Gasteiger partial charge in [0.15, 0.2) is 0 Å². The average molecular weight is 221 g/mol. The molecule has 0 atom stereocenters. The Morgan fingerprint density at radius 1 is 1.43 bits per heavy atom. The number of rotatable bonds is 3. The summed E-state index contributed by atoms with van der Waals surface area (Å²) in [6, 6.07) is 2.12. The summed E-state index contributed by atoms with van der Waals surface area (Å²) in [5, 5.41) is 11.4. The summed E-state index contributed by atoms with van der Waals surface area (Å²) in [5.74, 6) is 0. The predicted octanol–water partition coefficient (Wildman–Crippen LogP) is 2.72. The first-order valence-corrected chi connectivity index (χ1v) is 5.86. The molecule has 0 aliphatic heterocycles. The van der Waals surface area contributed by atoms with Crippen LogP contribution in [0.4, 0.5) is 0 Å². The number of nitriles is 1. The Labute approximate surface area is 89.7 Å². The first-order chi connectivity index (χ1) is 6.90. The topological polar surface area (TPSA) is 49.6 Å². The maximum atomic E-state index is 8.44. The Hall–Kier alpha value is -1.25. The third-order valence-corrected chi connectivity index (χ3v) is 3.52. The molecule has 0 radical (unpaired) electrons. The fraction of sp³-hybridized carbons (Fsp3) is 0.222. The van der Waals surface area contributed by atoms with Gasteiger partial charge in [0.05, 0.1) is 22.2 Å². The zero-order valence-electron chi connectivity index (χ0n) is 7.30. The summed E-state index contributed by atoms with van der Waals surface area (Å²) in [5.41, 5.74) is 2.80. The summed E-state index contributed by atoms with van der Waals surface area (Å²) >= 11 is 3.19. The monoisotopic (exact) mass is 221 g/mol. The SMILES string of the molecule is N#CCCc1csc(-c2cncs2)n1. The van der Waals surface area contributed by atoms with Crippen molar-refractivity contribution in [3.63, 3.8) is 0 Å². The Bertz CT molecular complexity index is 439. The van der Waals surface area contributed by atoms with E-state index in [0.717, 1.165) is 22.0 Å². The first kappa shape index (κ1) is 9.31. The second kappa shape index (κ2) is 4.31. The van der Waals surface area contributed by atoms with Crippen LogP contribution in [0.25, 0.3) is 9.88 Å². The largest absolute Gasteiger partial charge is 0.252 e. The molecule has 3 nitrogen and oxygen atoms in total. The minimum Gasteiger partial charge on any atom is -0.252 e. The van der Waals surface area contributed by atoms with Crippen molar-refractivity contribution in [1.82, 2.24) is 9.97 Å². The Morgan fingerprint density at radius 2 is 2.36 bits per heavy atom. The summed E-state index contributed by atoms with van der Waals surface area (Å²) in [4.78, 5) is 9.53. The molecule has 2 heterocycles. The van der Waals surface area contributed by atoms with Crippen molar-refractivity contribution in [2.75, 3.05) is 0 Å². The second-order valence-corrected chi connectivity index (χ2v) is 4.41. The molecule has 2 aromatic rings. The van der Waals surface area contributed by atoms with E-state index in [1.165, 1.54) is 0 Å². The van der Waals surface area contributed by atoms with Crippen molar-refractivity contribution in [3.8, 4) is 16.0 Å². The van der Waals surface area contributed by atoms with Crippen LogP contribution in [0.15, 0.2) is 17.1 Å². The summed E-state index contributed by atoms with van der Waals surface area (Å²) in [6.07, 6.45) is 3.09. The van der Waals surface area contributed by atoms with Gasteiger partial charge in [-0.1, -0.05) is 0 Å². The molecule has 2 rings (SSSR count). The van der Waals surface area contributed by atoms with Crippen LogP contribution in [0, 0.1) is 11.3 Å². The predicted molar refractivity (Wildman–Crippen MR) is 57.2 cm³/mol. The smallest absolute Gasteiger partial charge is 0.135 e. The molecule has 0 amide bonds. The second-order valence-electron chi connectivity index (χ2n) is 2.67. The van der Waals surface area contributed by atoms with Gasteiger partial charge >= 0.3 is 0 Å².